The van der Waals surface area contributed by atoms with Gasteiger partial charge in [-0.05, 0) is 42.0 Å². The highest BCUT2D eigenvalue weighted by Crippen LogP contribution is 2.18. The number of sulfonamides is 1. The van der Waals surface area contributed by atoms with Crippen molar-refractivity contribution >= 4 is 27.8 Å². The van der Waals surface area contributed by atoms with E-state index in [0.29, 0.717) is 5.56 Å². The zero-order chi connectivity index (χ0) is 16.9. The molecule has 2 aromatic carbocycles. The van der Waals surface area contributed by atoms with Gasteiger partial charge in [-0.2, -0.15) is 0 Å². The second-order valence-electron chi connectivity index (χ2n) is 4.54. The smallest absolute Gasteiger partial charge is 0.330 e. The number of methoxy groups -OCH3 is 1. The lowest BCUT2D eigenvalue weighted by atomic mass is 10.2. The first kappa shape index (κ1) is 16.7. The van der Waals surface area contributed by atoms with Crippen molar-refractivity contribution in [2.24, 2.45) is 0 Å². The van der Waals surface area contributed by atoms with Gasteiger partial charge in [-0.15, -0.1) is 0 Å². The molecule has 0 spiro atoms. The molecular formula is C16H14FNO4S. The Morgan fingerprint density at radius 2 is 1.91 bits per heavy atom. The quantitative estimate of drug-likeness (QED) is 0.674. The molecule has 0 saturated heterocycles. The zero-order valence-corrected chi connectivity index (χ0v) is 13.0. The van der Waals surface area contributed by atoms with Gasteiger partial charge in [-0.25, -0.2) is 17.6 Å². The van der Waals surface area contributed by atoms with Crippen LogP contribution in [0, 0.1) is 5.82 Å². The highest BCUT2D eigenvalue weighted by molar-refractivity contribution is 7.92. The van der Waals surface area contributed by atoms with E-state index in [0.717, 1.165) is 6.07 Å². The highest BCUT2D eigenvalue weighted by Gasteiger charge is 2.14. The number of halogens is 1. The summed E-state index contributed by atoms with van der Waals surface area (Å²) in [7, 11) is -2.62. The van der Waals surface area contributed by atoms with Gasteiger partial charge in [0.1, 0.15) is 5.82 Å². The molecule has 0 saturated carbocycles. The molecule has 0 atom stereocenters. The van der Waals surface area contributed by atoms with Gasteiger partial charge in [-0.3, -0.25) is 4.72 Å². The number of carbonyl (C=O) groups is 1. The second kappa shape index (κ2) is 7.06. The fourth-order valence-corrected chi connectivity index (χ4v) is 2.89. The van der Waals surface area contributed by atoms with Crippen LogP contribution < -0.4 is 4.72 Å². The number of anilines is 1. The maximum absolute atomic E-state index is 13.1. The van der Waals surface area contributed by atoms with Crippen LogP contribution in [0.3, 0.4) is 0 Å². The maximum atomic E-state index is 13.1. The van der Waals surface area contributed by atoms with Crippen LogP contribution in [0.1, 0.15) is 5.56 Å². The Bertz CT molecular complexity index is 847. The summed E-state index contributed by atoms with van der Waals surface area (Å²) >= 11 is 0. The lowest BCUT2D eigenvalue weighted by Crippen LogP contribution is -2.13. The fourth-order valence-electron chi connectivity index (χ4n) is 1.78. The molecule has 0 amide bonds. The van der Waals surface area contributed by atoms with Crippen LogP contribution >= 0.6 is 0 Å². The van der Waals surface area contributed by atoms with Crippen LogP contribution in [0.5, 0.6) is 0 Å². The summed E-state index contributed by atoms with van der Waals surface area (Å²) in [4.78, 5) is 11.1. The van der Waals surface area contributed by atoms with E-state index in [9.17, 15) is 17.6 Å². The Balaban J connectivity index is 2.26. The van der Waals surface area contributed by atoms with Gasteiger partial charge >= 0.3 is 5.97 Å². The number of esters is 1. The average Bonchev–Trinajstić information content (AvgIpc) is 2.52. The summed E-state index contributed by atoms with van der Waals surface area (Å²) in [5.74, 6) is -1.09. The Morgan fingerprint density at radius 3 is 2.61 bits per heavy atom. The summed E-state index contributed by atoms with van der Waals surface area (Å²) in [6.07, 6.45) is 2.62. The van der Waals surface area contributed by atoms with Crippen molar-refractivity contribution < 1.29 is 22.3 Å². The summed E-state index contributed by atoms with van der Waals surface area (Å²) < 4.78 is 44.5. The molecule has 2 rings (SSSR count). The van der Waals surface area contributed by atoms with Gasteiger partial charge in [0.05, 0.1) is 17.7 Å². The van der Waals surface area contributed by atoms with E-state index in [1.807, 2.05) is 0 Å². The lowest BCUT2D eigenvalue weighted by Gasteiger charge is -2.08. The molecule has 0 aliphatic rings. The van der Waals surface area contributed by atoms with E-state index in [2.05, 4.69) is 9.46 Å². The Labute approximate surface area is 133 Å². The predicted molar refractivity (Wildman–Crippen MR) is 84.7 cm³/mol. The topological polar surface area (TPSA) is 72.5 Å². The molecule has 0 aliphatic carbocycles. The normalized spacial score (nSPS) is 11.4. The Morgan fingerprint density at radius 1 is 1.17 bits per heavy atom. The van der Waals surface area contributed by atoms with Crippen LogP contribution in [-0.4, -0.2) is 21.5 Å². The summed E-state index contributed by atoms with van der Waals surface area (Å²) in [6, 6.07) is 11.1. The minimum atomic E-state index is -3.86. The van der Waals surface area contributed by atoms with Gasteiger partial charge < -0.3 is 4.74 Å². The molecule has 0 bridgehead atoms. The van der Waals surface area contributed by atoms with Gasteiger partial charge in [0, 0.05) is 6.08 Å². The molecule has 0 aliphatic heterocycles. The molecule has 0 radical (unpaired) electrons. The van der Waals surface area contributed by atoms with Crippen LogP contribution in [0.4, 0.5) is 10.1 Å². The third-order valence-electron chi connectivity index (χ3n) is 2.86. The van der Waals surface area contributed by atoms with Gasteiger partial charge in [-0.1, -0.05) is 18.2 Å². The molecule has 23 heavy (non-hydrogen) atoms. The molecule has 2 aromatic rings. The first-order chi connectivity index (χ1) is 10.9. The molecule has 0 heterocycles. The molecular weight excluding hydrogens is 321 g/mol. The average molecular weight is 335 g/mol. The van der Waals surface area contributed by atoms with E-state index in [4.69, 9.17) is 0 Å². The van der Waals surface area contributed by atoms with Gasteiger partial charge in [0.15, 0.2) is 0 Å². The zero-order valence-electron chi connectivity index (χ0n) is 12.2. The Kier molecular flexibility index (Phi) is 5.13. The largest absolute Gasteiger partial charge is 0.466 e. The van der Waals surface area contributed by atoms with Crippen molar-refractivity contribution in [2.75, 3.05) is 11.8 Å². The predicted octanol–water partition coefficient (Wildman–Crippen LogP) is 2.81. The number of ether oxygens (including phenoxy) is 1. The minimum absolute atomic E-state index is 0.00576. The van der Waals surface area contributed by atoms with E-state index >= 15 is 0 Å². The first-order valence-electron chi connectivity index (χ1n) is 6.55. The third-order valence-corrected chi connectivity index (χ3v) is 4.24. The highest BCUT2D eigenvalue weighted by atomic mass is 32.2. The van der Waals surface area contributed by atoms with Crippen LogP contribution in [0.2, 0.25) is 0 Å². The number of nitrogens with one attached hydrogen (secondary N) is 1. The molecule has 5 nitrogen and oxygen atoms in total. The molecule has 0 unspecified atom stereocenters. The number of rotatable bonds is 5. The molecule has 1 N–H and O–H groups in total. The standard InChI is InChI=1S/C16H14FNO4S/c1-22-16(19)9-8-12-4-2-7-15(10-12)23(20,21)18-14-6-3-5-13(17)11-14/h2-11,18H,1H3/b9-8+. The molecule has 0 aromatic heterocycles. The van der Waals surface area contributed by atoms with Gasteiger partial charge in [0.25, 0.3) is 10.0 Å². The van der Waals surface area contributed by atoms with Crippen molar-refractivity contribution in [1.82, 2.24) is 0 Å². The monoisotopic (exact) mass is 335 g/mol. The Hall–Kier alpha value is -2.67. The maximum Gasteiger partial charge on any atom is 0.330 e. The second-order valence-corrected chi connectivity index (χ2v) is 6.23. The van der Waals surface area contributed by atoms with Crippen molar-refractivity contribution in [3.8, 4) is 0 Å². The number of carbonyl (C=O) groups excluding carboxylic acids is 1. The number of hydrogen-bond acceptors (Lipinski definition) is 4. The van der Waals surface area contributed by atoms with Gasteiger partial charge in [0.2, 0.25) is 0 Å². The molecule has 120 valence electrons. The summed E-state index contributed by atoms with van der Waals surface area (Å²) in [5, 5.41) is 0. The molecule has 7 heteroatoms. The van der Waals surface area contributed by atoms with Crippen molar-refractivity contribution in [1.29, 1.82) is 0 Å². The van der Waals surface area contributed by atoms with Crippen molar-refractivity contribution in [3.05, 3.63) is 66.0 Å². The van der Waals surface area contributed by atoms with Crippen LogP contribution in [0.15, 0.2) is 59.5 Å². The third kappa shape index (κ3) is 4.65. The summed E-state index contributed by atoms with van der Waals surface area (Å²) in [5.41, 5.74) is 0.637. The van der Waals surface area contributed by atoms with E-state index in [1.165, 1.54) is 55.7 Å². The number of benzene rings is 2. The fraction of sp³-hybridized carbons (Fsp3) is 0.0625. The summed E-state index contributed by atoms with van der Waals surface area (Å²) in [6.45, 7) is 0. The number of hydrogen-bond donors (Lipinski definition) is 1. The SMILES string of the molecule is COC(=O)/C=C/c1cccc(S(=O)(=O)Nc2cccc(F)c2)c1. The van der Waals surface area contributed by atoms with Crippen LogP contribution in [0.25, 0.3) is 6.08 Å². The van der Waals surface area contributed by atoms with Crippen LogP contribution in [-0.2, 0) is 19.6 Å². The van der Waals surface area contributed by atoms with E-state index in [1.54, 1.807) is 6.07 Å². The minimum Gasteiger partial charge on any atom is -0.466 e. The van der Waals surface area contributed by atoms with Crippen molar-refractivity contribution in [3.63, 3.8) is 0 Å². The first-order valence-corrected chi connectivity index (χ1v) is 8.03. The lowest BCUT2D eigenvalue weighted by molar-refractivity contribution is -0.134. The van der Waals surface area contributed by atoms with E-state index in [-0.39, 0.29) is 10.6 Å². The molecule has 0 fully saturated rings. The van der Waals surface area contributed by atoms with Crippen molar-refractivity contribution in [2.45, 2.75) is 4.90 Å². The van der Waals surface area contributed by atoms with E-state index < -0.39 is 21.8 Å².